The Balaban J connectivity index is 1.54. The van der Waals surface area contributed by atoms with Crippen LogP contribution in [-0.4, -0.2) is 17.4 Å². The minimum absolute atomic E-state index is 0.119. The highest BCUT2D eigenvalue weighted by Gasteiger charge is 2.40. The number of benzene rings is 2. The normalized spacial score (nSPS) is 18.5. The zero-order chi connectivity index (χ0) is 21.0. The number of rotatable bonds is 6. The lowest BCUT2D eigenvalue weighted by Crippen LogP contribution is -2.16. The number of nitriles is 1. The number of nitrogens with zero attached hydrogens (tertiary/aromatic N) is 1. The summed E-state index contributed by atoms with van der Waals surface area (Å²) in [5.74, 6) is -0.821. The largest absolute Gasteiger partial charge is 0.573 e. The number of carbonyl (C=O) groups is 1. The molecule has 2 atom stereocenters. The monoisotopic (exact) mass is 404 g/mol. The third-order valence-electron chi connectivity index (χ3n) is 4.03. The SMILES string of the molecule is N#CC1CC1/C(O)=C/C(=O)Nc1ccc(Oc2ccc(OC(F)(F)F)cc2)cc1. The van der Waals surface area contributed by atoms with Crippen LogP contribution >= 0.6 is 0 Å². The Morgan fingerprint density at radius 2 is 1.66 bits per heavy atom. The third-order valence-corrected chi connectivity index (χ3v) is 4.03. The summed E-state index contributed by atoms with van der Waals surface area (Å²) in [7, 11) is 0. The van der Waals surface area contributed by atoms with Gasteiger partial charge in [0.2, 0.25) is 0 Å². The smallest absolute Gasteiger partial charge is 0.512 e. The van der Waals surface area contributed by atoms with Gasteiger partial charge in [0.25, 0.3) is 5.91 Å². The van der Waals surface area contributed by atoms with Crippen LogP contribution in [0.2, 0.25) is 0 Å². The zero-order valence-corrected chi connectivity index (χ0v) is 14.8. The van der Waals surface area contributed by atoms with Gasteiger partial charge >= 0.3 is 6.36 Å². The number of nitrogens with one attached hydrogen (secondary N) is 1. The van der Waals surface area contributed by atoms with Crippen molar-refractivity contribution in [2.75, 3.05) is 5.32 Å². The van der Waals surface area contributed by atoms with Gasteiger partial charge in [-0.3, -0.25) is 4.79 Å². The standard InChI is InChI=1S/C20H15F3N2O4/c21-20(22,23)29-16-7-5-15(6-8-16)28-14-3-1-13(2-4-14)25-19(27)10-18(26)17-9-12(17)11-24/h1-8,10,12,17,26H,9H2,(H,25,27)/b18-10-. The highest BCUT2D eigenvalue weighted by molar-refractivity contribution is 5.99. The van der Waals surface area contributed by atoms with E-state index in [0.717, 1.165) is 18.2 Å². The van der Waals surface area contributed by atoms with E-state index in [1.165, 1.54) is 12.1 Å². The first kappa shape index (κ1) is 20.1. The maximum Gasteiger partial charge on any atom is 0.573 e. The number of aliphatic hydroxyl groups excluding tert-OH is 1. The Hall–Kier alpha value is -3.67. The number of alkyl halides is 3. The molecule has 150 valence electrons. The summed E-state index contributed by atoms with van der Waals surface area (Å²) in [4.78, 5) is 11.9. The van der Waals surface area contributed by atoms with E-state index in [0.29, 0.717) is 23.6 Å². The summed E-state index contributed by atoms with van der Waals surface area (Å²) >= 11 is 0. The van der Waals surface area contributed by atoms with E-state index in [2.05, 4.69) is 10.1 Å². The number of anilines is 1. The molecule has 2 aromatic rings. The summed E-state index contributed by atoms with van der Waals surface area (Å²) < 4.78 is 45.8. The molecule has 0 heterocycles. The number of hydrogen-bond acceptors (Lipinski definition) is 5. The topological polar surface area (TPSA) is 91.6 Å². The molecule has 1 amide bonds. The van der Waals surface area contributed by atoms with Gasteiger partial charge < -0.3 is 19.9 Å². The van der Waals surface area contributed by atoms with Crippen molar-refractivity contribution in [3.05, 3.63) is 60.4 Å². The van der Waals surface area contributed by atoms with Crippen LogP contribution in [0.1, 0.15) is 6.42 Å². The fourth-order valence-electron chi connectivity index (χ4n) is 2.54. The molecule has 0 saturated heterocycles. The summed E-state index contributed by atoms with van der Waals surface area (Å²) in [6, 6.07) is 13.2. The molecule has 0 radical (unpaired) electrons. The van der Waals surface area contributed by atoms with Crippen LogP contribution in [0, 0.1) is 23.2 Å². The molecule has 1 aliphatic rings. The summed E-state index contributed by atoms with van der Waals surface area (Å²) in [6.07, 6.45) is -3.16. The third kappa shape index (κ3) is 5.90. The molecule has 2 N–H and O–H groups in total. The lowest BCUT2D eigenvalue weighted by Gasteiger charge is -2.10. The van der Waals surface area contributed by atoms with Crippen molar-refractivity contribution in [1.29, 1.82) is 5.26 Å². The molecule has 0 aromatic heterocycles. The highest BCUT2D eigenvalue weighted by Crippen LogP contribution is 2.42. The quantitative estimate of drug-likeness (QED) is 0.527. The summed E-state index contributed by atoms with van der Waals surface area (Å²) in [5, 5.41) is 21.1. The van der Waals surface area contributed by atoms with E-state index in [-0.39, 0.29) is 23.3 Å². The lowest BCUT2D eigenvalue weighted by molar-refractivity contribution is -0.274. The second-order valence-corrected chi connectivity index (χ2v) is 6.28. The molecule has 2 aromatic carbocycles. The second-order valence-electron chi connectivity index (χ2n) is 6.28. The van der Waals surface area contributed by atoms with Crippen LogP contribution in [0.5, 0.6) is 17.2 Å². The molecule has 0 aliphatic heterocycles. The van der Waals surface area contributed by atoms with Crippen molar-refractivity contribution in [3.63, 3.8) is 0 Å². The molecule has 3 rings (SSSR count). The molecule has 1 fully saturated rings. The summed E-state index contributed by atoms with van der Waals surface area (Å²) in [5.41, 5.74) is 0.452. The number of halogens is 3. The first-order valence-corrected chi connectivity index (χ1v) is 8.48. The van der Waals surface area contributed by atoms with E-state index in [4.69, 9.17) is 10.00 Å². The molecule has 0 spiro atoms. The molecule has 0 bridgehead atoms. The zero-order valence-electron chi connectivity index (χ0n) is 14.8. The molecule has 6 nitrogen and oxygen atoms in total. The van der Waals surface area contributed by atoms with Crippen molar-refractivity contribution in [1.82, 2.24) is 0 Å². The lowest BCUT2D eigenvalue weighted by atomic mass is 10.2. The predicted molar refractivity (Wildman–Crippen MR) is 96.2 cm³/mol. The van der Waals surface area contributed by atoms with E-state index in [1.54, 1.807) is 24.3 Å². The van der Waals surface area contributed by atoms with Gasteiger partial charge in [-0.2, -0.15) is 5.26 Å². The molecule has 29 heavy (non-hydrogen) atoms. The van der Waals surface area contributed by atoms with Gasteiger partial charge in [-0.15, -0.1) is 13.2 Å². The van der Waals surface area contributed by atoms with E-state index in [1.807, 2.05) is 6.07 Å². The molecule has 9 heteroatoms. The van der Waals surface area contributed by atoms with Crippen LogP contribution in [0.15, 0.2) is 60.4 Å². The number of allylic oxidation sites excluding steroid dienone is 1. The second kappa shape index (κ2) is 8.14. The number of aliphatic hydroxyl groups is 1. The molecule has 1 aliphatic carbocycles. The van der Waals surface area contributed by atoms with Crippen LogP contribution in [-0.2, 0) is 4.79 Å². The number of carbonyl (C=O) groups excluding carboxylic acids is 1. The maximum absolute atomic E-state index is 12.1. The molecular weight excluding hydrogens is 389 g/mol. The van der Waals surface area contributed by atoms with Crippen LogP contribution < -0.4 is 14.8 Å². The van der Waals surface area contributed by atoms with Crippen LogP contribution in [0.25, 0.3) is 0 Å². The van der Waals surface area contributed by atoms with Crippen molar-refractivity contribution < 1.29 is 32.5 Å². The maximum atomic E-state index is 12.1. The average Bonchev–Trinajstić information content (AvgIpc) is 3.44. The fourth-order valence-corrected chi connectivity index (χ4v) is 2.54. The highest BCUT2D eigenvalue weighted by atomic mass is 19.4. The minimum atomic E-state index is -4.76. The fraction of sp³-hybridized carbons (Fsp3) is 0.200. The van der Waals surface area contributed by atoms with Crippen molar-refractivity contribution >= 4 is 11.6 Å². The Bertz CT molecular complexity index is 948. The Labute approximate surface area is 163 Å². The number of amides is 1. The van der Waals surface area contributed by atoms with Gasteiger partial charge in [-0.05, 0) is 55.0 Å². The van der Waals surface area contributed by atoms with Gasteiger partial charge in [-0.25, -0.2) is 0 Å². The predicted octanol–water partition coefficient (Wildman–Crippen LogP) is 4.92. The summed E-state index contributed by atoms with van der Waals surface area (Å²) in [6.45, 7) is 0. The van der Waals surface area contributed by atoms with Gasteiger partial charge in [-0.1, -0.05) is 0 Å². The Morgan fingerprint density at radius 3 is 2.17 bits per heavy atom. The van der Waals surface area contributed by atoms with Crippen LogP contribution in [0.3, 0.4) is 0 Å². The Morgan fingerprint density at radius 1 is 1.10 bits per heavy atom. The van der Waals surface area contributed by atoms with Crippen molar-refractivity contribution in [2.24, 2.45) is 11.8 Å². The van der Waals surface area contributed by atoms with Crippen molar-refractivity contribution in [3.8, 4) is 23.3 Å². The number of ether oxygens (including phenoxy) is 2. The van der Waals surface area contributed by atoms with Crippen LogP contribution in [0.4, 0.5) is 18.9 Å². The Kier molecular flexibility index (Phi) is 5.64. The first-order valence-electron chi connectivity index (χ1n) is 8.48. The average molecular weight is 404 g/mol. The first-order chi connectivity index (χ1) is 13.7. The van der Waals surface area contributed by atoms with E-state index < -0.39 is 12.3 Å². The van der Waals surface area contributed by atoms with Gasteiger partial charge in [0.05, 0.1) is 12.0 Å². The van der Waals surface area contributed by atoms with Gasteiger partial charge in [0, 0.05) is 17.7 Å². The van der Waals surface area contributed by atoms with E-state index in [9.17, 15) is 23.1 Å². The minimum Gasteiger partial charge on any atom is -0.512 e. The number of hydrogen-bond donors (Lipinski definition) is 2. The van der Waals surface area contributed by atoms with Crippen molar-refractivity contribution in [2.45, 2.75) is 12.8 Å². The molecule has 1 saturated carbocycles. The van der Waals surface area contributed by atoms with Gasteiger partial charge in [0.1, 0.15) is 23.0 Å². The van der Waals surface area contributed by atoms with E-state index >= 15 is 0 Å². The molecule has 2 unspecified atom stereocenters. The molecular formula is C20H15F3N2O4. The van der Waals surface area contributed by atoms with Gasteiger partial charge in [0.15, 0.2) is 0 Å².